The minimum Gasteiger partial charge on any atom is -0.477 e. The summed E-state index contributed by atoms with van der Waals surface area (Å²) in [7, 11) is 0. The van der Waals surface area contributed by atoms with Gasteiger partial charge in [0, 0.05) is 24.1 Å². The number of rotatable bonds is 6. The Morgan fingerprint density at radius 3 is 2.62 bits per heavy atom. The Bertz CT molecular complexity index is 1300. The molecule has 2 fully saturated rings. The van der Waals surface area contributed by atoms with Crippen molar-refractivity contribution >= 4 is 34.7 Å². The van der Waals surface area contributed by atoms with E-state index < -0.39 is 11.4 Å². The number of aromatic carboxylic acids is 1. The van der Waals surface area contributed by atoms with Gasteiger partial charge < -0.3 is 25.0 Å². The molecule has 3 heterocycles. The molecule has 1 aromatic carbocycles. The molecule has 2 aliphatic rings. The van der Waals surface area contributed by atoms with E-state index in [0.717, 1.165) is 43.4 Å². The fourth-order valence-electron chi connectivity index (χ4n) is 4.66. The van der Waals surface area contributed by atoms with E-state index in [4.69, 9.17) is 4.74 Å². The summed E-state index contributed by atoms with van der Waals surface area (Å²) in [5, 5.41) is 15.7. The highest BCUT2D eigenvalue weighted by Gasteiger charge is 2.23. The minimum atomic E-state index is -1.25. The van der Waals surface area contributed by atoms with Gasteiger partial charge >= 0.3 is 12.1 Å². The zero-order valence-electron chi connectivity index (χ0n) is 18.5. The van der Waals surface area contributed by atoms with Gasteiger partial charge in [0.25, 0.3) is 0 Å². The fourth-order valence-corrected chi connectivity index (χ4v) is 4.66. The Hall–Kier alpha value is -3.95. The van der Waals surface area contributed by atoms with Crippen LogP contribution >= 0.6 is 0 Å². The maximum Gasteiger partial charge on any atom is 0.407 e. The Balaban J connectivity index is 1.42. The first kappa shape index (κ1) is 21.9. The summed E-state index contributed by atoms with van der Waals surface area (Å²) in [6.07, 6.45) is 8.20. The summed E-state index contributed by atoms with van der Waals surface area (Å²) in [4.78, 5) is 44.5. The largest absolute Gasteiger partial charge is 0.477 e. The summed E-state index contributed by atoms with van der Waals surface area (Å²) in [5.74, 6) is -0.925. The van der Waals surface area contributed by atoms with Gasteiger partial charge in [-0.2, -0.15) is 4.98 Å². The molecule has 3 aromatic rings. The molecule has 10 heteroatoms. The van der Waals surface area contributed by atoms with Crippen LogP contribution in [0.1, 0.15) is 54.1 Å². The molecule has 1 saturated heterocycles. The third-order valence-electron chi connectivity index (χ3n) is 6.40. The molecule has 1 aliphatic heterocycles. The standard InChI is InChI=1S/C24H25N5O5/c30-20-18-11-25-23(26-15-8-6-14(7-9-15)10-16-13-34-24(33)27-16)28-21(18)29(12-19(20)22(31)32)17-4-2-1-3-5-17/h6-9,11-12,16-17H,1-5,10,13H2,(H,27,33)(H,31,32)(H,25,26,28)/t16-/m0/s1. The smallest absolute Gasteiger partial charge is 0.407 e. The number of carbonyl (C=O) groups excluding carboxylic acids is 1. The summed E-state index contributed by atoms with van der Waals surface area (Å²) in [6.45, 7) is 0.357. The first-order chi connectivity index (χ1) is 16.5. The van der Waals surface area contributed by atoms with Crippen LogP contribution in [0.25, 0.3) is 11.0 Å². The lowest BCUT2D eigenvalue weighted by atomic mass is 9.95. The van der Waals surface area contributed by atoms with Crippen LogP contribution in [0.4, 0.5) is 16.4 Å². The molecule has 1 atom stereocenters. The number of carboxylic acids is 1. The van der Waals surface area contributed by atoms with Gasteiger partial charge in [-0.1, -0.05) is 31.4 Å². The second-order valence-electron chi connectivity index (χ2n) is 8.77. The first-order valence-corrected chi connectivity index (χ1v) is 11.4. The van der Waals surface area contributed by atoms with Gasteiger partial charge in [0.1, 0.15) is 17.8 Å². The maximum atomic E-state index is 12.7. The van der Waals surface area contributed by atoms with E-state index in [2.05, 4.69) is 20.6 Å². The van der Waals surface area contributed by atoms with Crippen LogP contribution in [0, 0.1) is 0 Å². The van der Waals surface area contributed by atoms with Crippen LogP contribution in [0.5, 0.6) is 0 Å². The number of aromatic nitrogens is 3. The second kappa shape index (κ2) is 9.12. The SMILES string of the molecule is O=C1N[C@@H](Cc2ccc(Nc3ncc4c(=O)c(C(=O)O)cn(C5CCCCC5)c4n3)cc2)CO1. The number of fused-ring (bicyclic) bond motifs is 1. The maximum absolute atomic E-state index is 12.7. The summed E-state index contributed by atoms with van der Waals surface area (Å²) < 4.78 is 6.76. The van der Waals surface area contributed by atoms with Gasteiger partial charge in [0.05, 0.1) is 11.4 Å². The highest BCUT2D eigenvalue weighted by Crippen LogP contribution is 2.30. The van der Waals surface area contributed by atoms with Crippen molar-refractivity contribution in [1.29, 1.82) is 0 Å². The molecule has 1 aliphatic carbocycles. The van der Waals surface area contributed by atoms with E-state index >= 15 is 0 Å². The number of nitrogens with one attached hydrogen (secondary N) is 2. The third kappa shape index (κ3) is 4.43. The van der Waals surface area contributed by atoms with Crippen LogP contribution in [-0.2, 0) is 11.2 Å². The number of hydrogen-bond donors (Lipinski definition) is 3. The normalized spacial score (nSPS) is 18.5. The predicted octanol–water partition coefficient (Wildman–Crippen LogP) is 3.39. The molecule has 0 unspecified atom stereocenters. The second-order valence-corrected chi connectivity index (χ2v) is 8.77. The van der Waals surface area contributed by atoms with Crippen LogP contribution in [0.15, 0.2) is 41.5 Å². The highest BCUT2D eigenvalue weighted by molar-refractivity contribution is 5.91. The number of alkyl carbamates (subject to hydrolysis) is 1. The van der Waals surface area contributed by atoms with E-state index in [0.29, 0.717) is 24.6 Å². The highest BCUT2D eigenvalue weighted by atomic mass is 16.6. The average molecular weight is 463 g/mol. The molecule has 10 nitrogen and oxygen atoms in total. The quantitative estimate of drug-likeness (QED) is 0.506. The average Bonchev–Trinajstić information content (AvgIpc) is 3.25. The van der Waals surface area contributed by atoms with E-state index in [1.165, 1.54) is 12.4 Å². The Morgan fingerprint density at radius 2 is 1.94 bits per heavy atom. The van der Waals surface area contributed by atoms with Gasteiger partial charge in [0.15, 0.2) is 0 Å². The van der Waals surface area contributed by atoms with Crippen molar-refractivity contribution < 1.29 is 19.4 Å². The number of cyclic esters (lactones) is 1. The number of hydrogen-bond acceptors (Lipinski definition) is 7. The number of benzene rings is 1. The lowest BCUT2D eigenvalue weighted by molar-refractivity contribution is 0.0694. The third-order valence-corrected chi connectivity index (χ3v) is 6.40. The lowest BCUT2D eigenvalue weighted by Crippen LogP contribution is -2.28. The summed E-state index contributed by atoms with van der Waals surface area (Å²) in [5.41, 5.74) is 1.42. The van der Waals surface area contributed by atoms with E-state index in [1.54, 1.807) is 0 Å². The van der Waals surface area contributed by atoms with Crippen molar-refractivity contribution in [3.8, 4) is 0 Å². The molecule has 0 bridgehead atoms. The molecule has 5 rings (SSSR count). The number of ether oxygens (including phenoxy) is 1. The van der Waals surface area contributed by atoms with E-state index in [-0.39, 0.29) is 29.1 Å². The number of carboxylic acid groups (broad SMARTS) is 1. The molecule has 2 aromatic heterocycles. The lowest BCUT2D eigenvalue weighted by Gasteiger charge is -2.26. The molecule has 0 spiro atoms. The number of pyridine rings is 1. The van der Waals surface area contributed by atoms with Gasteiger partial charge in [-0.3, -0.25) is 4.79 Å². The van der Waals surface area contributed by atoms with Crippen molar-refractivity contribution in [2.24, 2.45) is 0 Å². The zero-order chi connectivity index (χ0) is 23.7. The topological polar surface area (TPSA) is 135 Å². The van der Waals surface area contributed by atoms with Gasteiger partial charge in [-0.05, 0) is 37.0 Å². The van der Waals surface area contributed by atoms with Crippen LogP contribution in [0.3, 0.4) is 0 Å². The Kier molecular flexibility index (Phi) is 5.87. The van der Waals surface area contributed by atoms with Crippen LogP contribution in [-0.4, -0.2) is 44.4 Å². The van der Waals surface area contributed by atoms with Crippen LogP contribution < -0.4 is 16.1 Å². The molecule has 176 valence electrons. The van der Waals surface area contributed by atoms with Gasteiger partial charge in [-0.25, -0.2) is 14.6 Å². The van der Waals surface area contributed by atoms with Crippen molar-refractivity contribution in [2.75, 3.05) is 11.9 Å². The van der Waals surface area contributed by atoms with Crippen molar-refractivity contribution in [3.05, 3.63) is 58.0 Å². The van der Waals surface area contributed by atoms with Gasteiger partial charge in [0.2, 0.25) is 11.4 Å². The first-order valence-electron chi connectivity index (χ1n) is 11.4. The Labute approximate surface area is 195 Å². The molecule has 1 saturated carbocycles. The Morgan fingerprint density at radius 1 is 1.18 bits per heavy atom. The number of amides is 1. The number of carbonyl (C=O) groups is 2. The summed E-state index contributed by atoms with van der Waals surface area (Å²) >= 11 is 0. The van der Waals surface area contributed by atoms with Crippen molar-refractivity contribution in [2.45, 2.75) is 50.6 Å². The number of nitrogens with zero attached hydrogens (tertiary/aromatic N) is 3. The molecular formula is C24H25N5O5. The predicted molar refractivity (Wildman–Crippen MR) is 125 cm³/mol. The molecule has 0 radical (unpaired) electrons. The van der Waals surface area contributed by atoms with E-state index in [9.17, 15) is 19.5 Å². The molecular weight excluding hydrogens is 438 g/mol. The molecule has 34 heavy (non-hydrogen) atoms. The minimum absolute atomic E-state index is 0.0395. The molecule has 3 N–H and O–H groups in total. The van der Waals surface area contributed by atoms with E-state index in [1.807, 2.05) is 28.8 Å². The van der Waals surface area contributed by atoms with Crippen LogP contribution in [0.2, 0.25) is 0 Å². The zero-order valence-corrected chi connectivity index (χ0v) is 18.5. The van der Waals surface area contributed by atoms with Gasteiger partial charge in [-0.15, -0.1) is 0 Å². The van der Waals surface area contributed by atoms with Crippen molar-refractivity contribution in [1.82, 2.24) is 19.9 Å². The fraction of sp³-hybridized carbons (Fsp3) is 0.375. The summed E-state index contributed by atoms with van der Waals surface area (Å²) in [6, 6.07) is 7.74. The molecule has 1 amide bonds. The number of anilines is 2. The monoisotopic (exact) mass is 463 g/mol. The van der Waals surface area contributed by atoms with Crippen molar-refractivity contribution in [3.63, 3.8) is 0 Å².